The lowest BCUT2D eigenvalue weighted by Gasteiger charge is -2.09. The lowest BCUT2D eigenvalue weighted by atomic mass is 10.0. The van der Waals surface area contributed by atoms with Gasteiger partial charge in [-0.2, -0.15) is 0 Å². The summed E-state index contributed by atoms with van der Waals surface area (Å²) in [5, 5.41) is 3.75. The van der Waals surface area contributed by atoms with Crippen molar-refractivity contribution in [3.63, 3.8) is 0 Å². The summed E-state index contributed by atoms with van der Waals surface area (Å²) in [6.45, 7) is 6.16. The van der Waals surface area contributed by atoms with Crippen LogP contribution in [0.2, 0.25) is 0 Å². The molecule has 4 rings (SSSR count). The van der Waals surface area contributed by atoms with Crippen LogP contribution in [-0.2, 0) is 16.6 Å². The molecule has 0 fully saturated rings. The summed E-state index contributed by atoms with van der Waals surface area (Å²) in [4.78, 5) is 14.7. The van der Waals surface area contributed by atoms with E-state index in [0.29, 0.717) is 27.9 Å². The fourth-order valence-electron chi connectivity index (χ4n) is 3.85. The number of ketones is 1. The molecular formula is C21H22N2O3S2. The van der Waals surface area contributed by atoms with E-state index < -0.39 is 10.0 Å². The smallest absolute Gasteiger partial charge is 0.238 e. The largest absolute Gasteiger partial charge is 0.330 e. The van der Waals surface area contributed by atoms with Gasteiger partial charge in [0.1, 0.15) is 4.83 Å². The van der Waals surface area contributed by atoms with E-state index in [4.69, 9.17) is 0 Å². The SMILES string of the molecule is CCCn1c(C(=O)c2c(C)n(S(=O)(=O)CC)c3ccccc23)cc2ccsc21. The van der Waals surface area contributed by atoms with Crippen molar-refractivity contribution in [3.05, 3.63) is 58.7 Å². The van der Waals surface area contributed by atoms with Gasteiger partial charge in [-0.3, -0.25) is 4.79 Å². The zero-order chi connectivity index (χ0) is 20.1. The fourth-order valence-corrected chi connectivity index (χ4v) is 6.00. The summed E-state index contributed by atoms with van der Waals surface area (Å²) in [5.41, 5.74) is 2.11. The van der Waals surface area contributed by atoms with E-state index in [1.165, 1.54) is 3.97 Å². The molecule has 0 saturated carbocycles. The zero-order valence-electron chi connectivity index (χ0n) is 16.1. The number of para-hydroxylation sites is 1. The fraction of sp³-hybridized carbons (Fsp3) is 0.286. The van der Waals surface area contributed by atoms with Crippen LogP contribution < -0.4 is 0 Å². The first-order chi connectivity index (χ1) is 13.4. The average Bonchev–Trinajstić information content (AvgIpc) is 3.33. The minimum Gasteiger partial charge on any atom is -0.330 e. The highest BCUT2D eigenvalue weighted by Crippen LogP contribution is 2.32. The van der Waals surface area contributed by atoms with Gasteiger partial charge in [-0.25, -0.2) is 12.4 Å². The minimum atomic E-state index is -3.52. The Morgan fingerprint density at radius 3 is 2.61 bits per heavy atom. The van der Waals surface area contributed by atoms with Gasteiger partial charge in [-0.1, -0.05) is 25.1 Å². The summed E-state index contributed by atoms with van der Waals surface area (Å²) >= 11 is 1.62. The van der Waals surface area contributed by atoms with Crippen LogP contribution in [0.5, 0.6) is 0 Å². The van der Waals surface area contributed by atoms with Gasteiger partial charge >= 0.3 is 0 Å². The molecule has 0 radical (unpaired) electrons. The molecule has 0 amide bonds. The van der Waals surface area contributed by atoms with Crippen molar-refractivity contribution in [1.29, 1.82) is 0 Å². The molecule has 0 bridgehead atoms. The van der Waals surface area contributed by atoms with E-state index in [2.05, 4.69) is 11.5 Å². The standard InChI is InChI=1S/C21H22N2O3S2/c1-4-11-22-18(13-15-10-12-27-21(15)22)20(24)19-14(3)23(28(25,26)5-2)17-9-7-6-8-16(17)19/h6-10,12-13H,4-5,11H2,1-3H3. The van der Waals surface area contributed by atoms with Gasteiger partial charge in [-0.05, 0) is 43.8 Å². The number of aromatic nitrogens is 2. The van der Waals surface area contributed by atoms with Crippen LogP contribution in [0, 0.1) is 6.92 Å². The normalized spacial score (nSPS) is 12.2. The Hall–Kier alpha value is -2.38. The molecule has 0 unspecified atom stereocenters. The average molecular weight is 415 g/mol. The van der Waals surface area contributed by atoms with Crippen LogP contribution in [0.15, 0.2) is 41.8 Å². The summed E-state index contributed by atoms with van der Waals surface area (Å²) in [6, 6.07) is 11.2. The Morgan fingerprint density at radius 1 is 1.14 bits per heavy atom. The molecule has 0 atom stereocenters. The van der Waals surface area contributed by atoms with Gasteiger partial charge in [0, 0.05) is 23.0 Å². The van der Waals surface area contributed by atoms with Gasteiger partial charge in [0.05, 0.1) is 22.5 Å². The summed E-state index contributed by atoms with van der Waals surface area (Å²) in [7, 11) is -3.52. The number of carbonyl (C=O) groups is 1. The molecule has 0 N–H and O–H groups in total. The Bertz CT molecular complexity index is 1310. The third kappa shape index (κ3) is 2.72. The quantitative estimate of drug-likeness (QED) is 0.426. The number of benzene rings is 1. The van der Waals surface area contributed by atoms with Gasteiger partial charge in [-0.15, -0.1) is 11.3 Å². The summed E-state index contributed by atoms with van der Waals surface area (Å²) in [6.07, 6.45) is 0.910. The van der Waals surface area contributed by atoms with Crippen molar-refractivity contribution in [2.75, 3.05) is 5.75 Å². The van der Waals surface area contributed by atoms with E-state index in [1.807, 2.05) is 29.6 Å². The Morgan fingerprint density at radius 2 is 1.89 bits per heavy atom. The molecule has 1 aromatic carbocycles. The number of hydrogen-bond acceptors (Lipinski definition) is 4. The second-order valence-electron chi connectivity index (χ2n) is 6.83. The lowest BCUT2D eigenvalue weighted by molar-refractivity contribution is 0.103. The van der Waals surface area contributed by atoms with E-state index in [0.717, 1.165) is 23.2 Å². The highest BCUT2D eigenvalue weighted by atomic mass is 32.2. The van der Waals surface area contributed by atoms with Gasteiger partial charge < -0.3 is 4.57 Å². The van der Waals surface area contributed by atoms with Crippen LogP contribution >= 0.6 is 11.3 Å². The van der Waals surface area contributed by atoms with E-state index in [-0.39, 0.29) is 11.5 Å². The number of hydrogen-bond donors (Lipinski definition) is 0. The molecule has 5 nitrogen and oxygen atoms in total. The minimum absolute atomic E-state index is 0.0257. The number of aryl methyl sites for hydroxylation is 1. The van der Waals surface area contributed by atoms with Crippen LogP contribution in [0.4, 0.5) is 0 Å². The zero-order valence-corrected chi connectivity index (χ0v) is 17.7. The molecule has 0 aliphatic heterocycles. The molecule has 0 aliphatic rings. The molecule has 0 saturated heterocycles. The topological polar surface area (TPSA) is 61.1 Å². The maximum atomic E-state index is 13.6. The van der Waals surface area contributed by atoms with Crippen LogP contribution in [-0.4, -0.2) is 28.5 Å². The Labute approximate surface area is 168 Å². The number of nitrogens with zero attached hydrogens (tertiary/aromatic N) is 2. The third-order valence-electron chi connectivity index (χ3n) is 5.11. The molecule has 7 heteroatoms. The molecular weight excluding hydrogens is 392 g/mol. The Balaban J connectivity index is 2.01. The predicted octanol–water partition coefficient (Wildman–Crippen LogP) is 4.80. The summed E-state index contributed by atoms with van der Waals surface area (Å²) in [5.74, 6) is -0.155. The molecule has 0 aliphatic carbocycles. The maximum Gasteiger partial charge on any atom is 0.238 e. The second kappa shape index (κ2) is 6.90. The van der Waals surface area contributed by atoms with Crippen molar-refractivity contribution >= 4 is 48.3 Å². The van der Waals surface area contributed by atoms with Gasteiger partial charge in [0.15, 0.2) is 0 Å². The highest BCUT2D eigenvalue weighted by Gasteiger charge is 2.28. The lowest BCUT2D eigenvalue weighted by Crippen LogP contribution is -2.17. The van der Waals surface area contributed by atoms with Gasteiger partial charge in [0.2, 0.25) is 15.8 Å². The molecule has 3 aromatic heterocycles. The van der Waals surface area contributed by atoms with Crippen LogP contribution in [0.25, 0.3) is 21.1 Å². The number of carbonyl (C=O) groups excluding carboxylic acids is 1. The second-order valence-corrected chi connectivity index (χ2v) is 9.83. The van der Waals surface area contributed by atoms with E-state index in [1.54, 1.807) is 37.3 Å². The van der Waals surface area contributed by atoms with Crippen LogP contribution in [0.1, 0.15) is 42.0 Å². The summed E-state index contributed by atoms with van der Waals surface area (Å²) < 4.78 is 28.8. The van der Waals surface area contributed by atoms with Crippen molar-refractivity contribution in [1.82, 2.24) is 8.54 Å². The molecule has 0 spiro atoms. The van der Waals surface area contributed by atoms with Crippen molar-refractivity contribution < 1.29 is 13.2 Å². The van der Waals surface area contributed by atoms with E-state index >= 15 is 0 Å². The van der Waals surface area contributed by atoms with Crippen molar-refractivity contribution in [2.45, 2.75) is 33.7 Å². The van der Waals surface area contributed by atoms with Crippen molar-refractivity contribution in [3.8, 4) is 0 Å². The number of thiophene rings is 1. The number of fused-ring (bicyclic) bond motifs is 2. The van der Waals surface area contributed by atoms with Crippen LogP contribution in [0.3, 0.4) is 0 Å². The van der Waals surface area contributed by atoms with Gasteiger partial charge in [0.25, 0.3) is 0 Å². The predicted molar refractivity (Wildman–Crippen MR) is 115 cm³/mol. The molecule has 146 valence electrons. The maximum absolute atomic E-state index is 13.6. The third-order valence-corrected chi connectivity index (χ3v) is 7.82. The highest BCUT2D eigenvalue weighted by molar-refractivity contribution is 7.90. The molecule has 4 aromatic rings. The molecule has 28 heavy (non-hydrogen) atoms. The first-order valence-corrected chi connectivity index (χ1v) is 11.8. The first kappa shape index (κ1) is 19.0. The Kier molecular flexibility index (Phi) is 4.67. The number of rotatable bonds is 6. The first-order valence-electron chi connectivity index (χ1n) is 9.35. The van der Waals surface area contributed by atoms with E-state index in [9.17, 15) is 13.2 Å². The van der Waals surface area contributed by atoms with Crippen molar-refractivity contribution in [2.24, 2.45) is 0 Å². The monoisotopic (exact) mass is 414 g/mol. The molecule has 3 heterocycles.